The van der Waals surface area contributed by atoms with Crippen molar-refractivity contribution in [2.45, 2.75) is 38.8 Å². The maximum Gasteiger partial charge on any atom is 0.407 e. The van der Waals surface area contributed by atoms with Crippen LogP contribution >= 0.6 is 0 Å². The number of hydrogen-bond acceptors (Lipinski definition) is 4. The molecule has 1 aliphatic rings. The highest BCUT2D eigenvalue weighted by molar-refractivity contribution is 5.68. The molecule has 19 heavy (non-hydrogen) atoms. The third kappa shape index (κ3) is 3.87. The topological polar surface area (TPSA) is 59.4 Å². The molecule has 1 fully saturated rings. The van der Waals surface area contributed by atoms with Crippen molar-refractivity contribution in [2.75, 3.05) is 18.0 Å². The summed E-state index contributed by atoms with van der Waals surface area (Å²) in [6, 6.07) is 2.10. The highest BCUT2D eigenvalue weighted by Gasteiger charge is 2.27. The predicted molar refractivity (Wildman–Crippen MR) is 73.2 cm³/mol. The minimum atomic E-state index is -0.455. The lowest BCUT2D eigenvalue weighted by molar-refractivity contribution is 0.0509. The minimum absolute atomic E-state index is 0.122. The van der Waals surface area contributed by atoms with Gasteiger partial charge in [-0.2, -0.15) is 5.10 Å². The SMILES string of the molecule is Cn1ccc(N2CC[C@@H](NC(=O)OC(C)(C)C)C2)n1. The number of rotatable bonds is 2. The van der Waals surface area contributed by atoms with Crippen LogP contribution in [0, 0.1) is 0 Å². The molecule has 1 amide bonds. The third-order valence-corrected chi connectivity index (χ3v) is 2.93. The number of nitrogens with zero attached hydrogens (tertiary/aromatic N) is 3. The fourth-order valence-electron chi connectivity index (χ4n) is 2.13. The van der Waals surface area contributed by atoms with Crippen LogP contribution in [0.5, 0.6) is 0 Å². The van der Waals surface area contributed by atoms with Crippen LogP contribution in [0.1, 0.15) is 27.2 Å². The summed E-state index contributed by atoms with van der Waals surface area (Å²) in [6.45, 7) is 7.26. The highest BCUT2D eigenvalue weighted by Crippen LogP contribution is 2.18. The molecule has 1 N–H and O–H groups in total. The number of carbonyl (C=O) groups excluding carboxylic acids is 1. The molecule has 0 bridgehead atoms. The zero-order valence-corrected chi connectivity index (χ0v) is 12.0. The first-order chi connectivity index (χ1) is 8.83. The Morgan fingerprint density at radius 1 is 1.53 bits per heavy atom. The molecular formula is C13H22N4O2. The largest absolute Gasteiger partial charge is 0.444 e. The number of alkyl carbamates (subject to hydrolysis) is 1. The van der Waals surface area contributed by atoms with Crippen molar-refractivity contribution in [1.29, 1.82) is 0 Å². The first-order valence-corrected chi connectivity index (χ1v) is 6.57. The normalized spacial score (nSPS) is 19.6. The van der Waals surface area contributed by atoms with E-state index in [1.165, 1.54) is 0 Å². The van der Waals surface area contributed by atoms with E-state index in [4.69, 9.17) is 4.74 Å². The smallest absolute Gasteiger partial charge is 0.407 e. The highest BCUT2D eigenvalue weighted by atomic mass is 16.6. The molecule has 0 aromatic carbocycles. The zero-order valence-electron chi connectivity index (χ0n) is 12.0. The van der Waals surface area contributed by atoms with Gasteiger partial charge in [-0.25, -0.2) is 4.79 Å². The molecule has 0 radical (unpaired) electrons. The maximum atomic E-state index is 11.7. The second kappa shape index (κ2) is 5.11. The van der Waals surface area contributed by atoms with Crippen molar-refractivity contribution < 1.29 is 9.53 Å². The Hall–Kier alpha value is -1.72. The van der Waals surface area contributed by atoms with Crippen LogP contribution in [0.2, 0.25) is 0 Å². The lowest BCUT2D eigenvalue weighted by Crippen LogP contribution is -2.40. The van der Waals surface area contributed by atoms with E-state index in [1.54, 1.807) is 4.68 Å². The number of aryl methyl sites for hydroxylation is 1. The minimum Gasteiger partial charge on any atom is -0.444 e. The van der Waals surface area contributed by atoms with Crippen molar-refractivity contribution in [2.24, 2.45) is 7.05 Å². The van der Waals surface area contributed by atoms with Gasteiger partial charge >= 0.3 is 6.09 Å². The van der Waals surface area contributed by atoms with Crippen LogP contribution < -0.4 is 10.2 Å². The second-order valence-corrected chi connectivity index (χ2v) is 5.93. The summed E-state index contributed by atoms with van der Waals surface area (Å²) in [5.74, 6) is 0.955. The van der Waals surface area contributed by atoms with E-state index >= 15 is 0 Å². The number of aromatic nitrogens is 2. The molecule has 0 unspecified atom stereocenters. The standard InChI is InChI=1S/C13H22N4O2/c1-13(2,3)19-12(18)14-10-5-8-17(9-10)11-6-7-16(4)15-11/h6-7,10H,5,8-9H2,1-4H3,(H,14,18)/t10-/m1/s1. The Labute approximate surface area is 113 Å². The molecule has 1 aliphatic heterocycles. The fraction of sp³-hybridized carbons (Fsp3) is 0.692. The van der Waals surface area contributed by atoms with E-state index in [0.29, 0.717) is 0 Å². The van der Waals surface area contributed by atoms with Gasteiger partial charge in [0.25, 0.3) is 0 Å². The molecular weight excluding hydrogens is 244 g/mol. The summed E-state index contributed by atoms with van der Waals surface area (Å²) < 4.78 is 7.04. The van der Waals surface area contributed by atoms with E-state index in [2.05, 4.69) is 15.3 Å². The Kier molecular flexibility index (Phi) is 3.68. The van der Waals surface area contributed by atoms with Crippen LogP contribution in [-0.2, 0) is 11.8 Å². The number of amides is 1. The lowest BCUT2D eigenvalue weighted by atomic mass is 10.2. The number of carbonyl (C=O) groups is 1. The van der Waals surface area contributed by atoms with E-state index in [0.717, 1.165) is 25.3 Å². The van der Waals surface area contributed by atoms with Gasteiger partial charge in [0.2, 0.25) is 0 Å². The fourth-order valence-corrected chi connectivity index (χ4v) is 2.13. The molecule has 0 aliphatic carbocycles. The molecule has 6 heteroatoms. The molecule has 1 saturated heterocycles. The number of anilines is 1. The van der Waals surface area contributed by atoms with Gasteiger partial charge in [-0.1, -0.05) is 0 Å². The van der Waals surface area contributed by atoms with E-state index in [9.17, 15) is 4.79 Å². The predicted octanol–water partition coefficient (Wildman–Crippen LogP) is 1.52. The summed E-state index contributed by atoms with van der Waals surface area (Å²) in [6.07, 6.45) is 2.49. The molecule has 2 rings (SSSR count). The van der Waals surface area contributed by atoms with Gasteiger partial charge < -0.3 is 15.0 Å². The van der Waals surface area contributed by atoms with Gasteiger partial charge in [0.05, 0.1) is 6.04 Å². The average molecular weight is 266 g/mol. The Morgan fingerprint density at radius 3 is 2.84 bits per heavy atom. The van der Waals surface area contributed by atoms with Crippen molar-refractivity contribution in [3.05, 3.63) is 12.3 Å². The molecule has 1 atom stereocenters. The summed E-state index contributed by atoms with van der Waals surface area (Å²) >= 11 is 0. The van der Waals surface area contributed by atoms with E-state index in [1.807, 2.05) is 40.1 Å². The monoisotopic (exact) mass is 266 g/mol. The van der Waals surface area contributed by atoms with E-state index < -0.39 is 5.60 Å². The summed E-state index contributed by atoms with van der Waals surface area (Å²) in [5.41, 5.74) is -0.455. The first kappa shape index (κ1) is 13.7. The Bertz CT molecular complexity index is 450. The average Bonchev–Trinajstić information content (AvgIpc) is 2.83. The van der Waals surface area contributed by atoms with Gasteiger partial charge in [-0.15, -0.1) is 0 Å². The summed E-state index contributed by atoms with van der Waals surface area (Å²) in [7, 11) is 1.90. The maximum absolute atomic E-state index is 11.7. The quantitative estimate of drug-likeness (QED) is 0.881. The summed E-state index contributed by atoms with van der Waals surface area (Å²) in [5, 5.41) is 7.27. The van der Waals surface area contributed by atoms with Crippen molar-refractivity contribution in [1.82, 2.24) is 15.1 Å². The molecule has 1 aromatic heterocycles. The Morgan fingerprint density at radius 2 is 2.26 bits per heavy atom. The Balaban J connectivity index is 1.84. The van der Waals surface area contributed by atoms with Crippen LogP contribution in [0.4, 0.5) is 10.6 Å². The van der Waals surface area contributed by atoms with Crippen molar-refractivity contribution >= 4 is 11.9 Å². The molecule has 2 heterocycles. The third-order valence-electron chi connectivity index (χ3n) is 2.93. The van der Waals surface area contributed by atoms with Gasteiger partial charge in [0, 0.05) is 32.4 Å². The number of ether oxygens (including phenoxy) is 1. The number of nitrogens with one attached hydrogen (secondary N) is 1. The van der Waals surface area contributed by atoms with Gasteiger partial charge in [0.15, 0.2) is 5.82 Å². The van der Waals surface area contributed by atoms with E-state index in [-0.39, 0.29) is 12.1 Å². The molecule has 0 saturated carbocycles. The van der Waals surface area contributed by atoms with Gasteiger partial charge in [0.1, 0.15) is 5.60 Å². The second-order valence-electron chi connectivity index (χ2n) is 5.93. The van der Waals surface area contributed by atoms with Crippen LogP contribution in [0.25, 0.3) is 0 Å². The molecule has 0 spiro atoms. The molecule has 6 nitrogen and oxygen atoms in total. The van der Waals surface area contributed by atoms with Gasteiger partial charge in [-0.3, -0.25) is 4.68 Å². The summed E-state index contributed by atoms with van der Waals surface area (Å²) in [4.78, 5) is 13.9. The van der Waals surface area contributed by atoms with Crippen LogP contribution in [0.3, 0.4) is 0 Å². The van der Waals surface area contributed by atoms with Crippen molar-refractivity contribution in [3.63, 3.8) is 0 Å². The zero-order chi connectivity index (χ0) is 14.0. The van der Waals surface area contributed by atoms with Crippen LogP contribution in [0.15, 0.2) is 12.3 Å². The first-order valence-electron chi connectivity index (χ1n) is 6.57. The van der Waals surface area contributed by atoms with Crippen molar-refractivity contribution in [3.8, 4) is 0 Å². The molecule has 106 valence electrons. The molecule has 1 aromatic rings. The van der Waals surface area contributed by atoms with Gasteiger partial charge in [-0.05, 0) is 27.2 Å². The number of hydrogen-bond donors (Lipinski definition) is 1. The lowest BCUT2D eigenvalue weighted by Gasteiger charge is -2.22. The van der Waals surface area contributed by atoms with Crippen LogP contribution in [-0.4, -0.2) is 40.6 Å².